The summed E-state index contributed by atoms with van der Waals surface area (Å²) in [5, 5.41) is 11.3. The Labute approximate surface area is 122 Å². The number of carboxylic acid groups (broad SMARTS) is 1. The number of ether oxygens (including phenoxy) is 1. The van der Waals surface area contributed by atoms with Crippen molar-refractivity contribution >= 4 is 17.3 Å². The number of carboxylic acids is 1. The molecule has 0 unspecified atom stereocenters. The van der Waals surface area contributed by atoms with Crippen molar-refractivity contribution in [3.8, 4) is 17.0 Å². The number of aromatic nitrogens is 1. The molecule has 0 saturated heterocycles. The first-order valence-corrected chi connectivity index (χ1v) is 7.44. The summed E-state index contributed by atoms with van der Waals surface area (Å²) < 4.78 is 5.58. The third-order valence-electron chi connectivity index (χ3n) is 2.89. The molecule has 1 N–H and O–H groups in total. The van der Waals surface area contributed by atoms with Crippen LogP contribution in [0, 0.1) is 0 Å². The molecule has 4 nitrogen and oxygen atoms in total. The molecule has 2 rings (SSSR count). The van der Waals surface area contributed by atoms with Crippen molar-refractivity contribution in [3.63, 3.8) is 0 Å². The molecular formula is C15H17NO3S. The van der Waals surface area contributed by atoms with Crippen LogP contribution in [-0.2, 0) is 17.6 Å². The van der Waals surface area contributed by atoms with Gasteiger partial charge in [-0.2, -0.15) is 0 Å². The fourth-order valence-corrected chi connectivity index (χ4v) is 2.76. The molecule has 1 aromatic carbocycles. The van der Waals surface area contributed by atoms with E-state index in [1.165, 1.54) is 11.3 Å². The van der Waals surface area contributed by atoms with E-state index >= 15 is 0 Å². The van der Waals surface area contributed by atoms with Gasteiger partial charge in [0.2, 0.25) is 0 Å². The van der Waals surface area contributed by atoms with Crippen LogP contribution in [0.4, 0.5) is 0 Å². The first-order chi connectivity index (χ1) is 9.63. The maximum atomic E-state index is 10.7. The van der Waals surface area contributed by atoms with E-state index in [2.05, 4.69) is 18.0 Å². The second kappa shape index (κ2) is 6.52. The lowest BCUT2D eigenvalue weighted by molar-refractivity contribution is -0.136. The Balaban J connectivity index is 2.28. The van der Waals surface area contributed by atoms with Gasteiger partial charge in [-0.3, -0.25) is 4.79 Å². The molecule has 1 heterocycles. The van der Waals surface area contributed by atoms with Crippen LogP contribution in [-0.4, -0.2) is 22.7 Å². The lowest BCUT2D eigenvalue weighted by Crippen LogP contribution is -1.99. The van der Waals surface area contributed by atoms with Crippen LogP contribution in [0.15, 0.2) is 23.6 Å². The lowest BCUT2D eigenvalue weighted by Gasteiger charge is -2.09. The van der Waals surface area contributed by atoms with Crippen LogP contribution >= 0.6 is 11.3 Å². The second-order valence-corrected chi connectivity index (χ2v) is 5.25. The molecule has 0 amide bonds. The Hall–Kier alpha value is -1.88. The fraction of sp³-hybridized carbons (Fsp3) is 0.333. The number of nitrogens with zero attached hydrogens (tertiary/aromatic N) is 1. The van der Waals surface area contributed by atoms with E-state index in [9.17, 15) is 4.79 Å². The number of hydrogen-bond donors (Lipinski definition) is 1. The summed E-state index contributed by atoms with van der Waals surface area (Å²) in [6.45, 7) is 4.69. The molecule has 0 spiro atoms. The molecule has 0 aliphatic carbocycles. The van der Waals surface area contributed by atoms with Gasteiger partial charge in [0.25, 0.3) is 0 Å². The minimum absolute atomic E-state index is 0.0255. The molecule has 20 heavy (non-hydrogen) atoms. The second-order valence-electron chi connectivity index (χ2n) is 4.31. The fourth-order valence-electron chi connectivity index (χ4n) is 1.97. The van der Waals surface area contributed by atoms with E-state index in [-0.39, 0.29) is 6.42 Å². The predicted molar refractivity (Wildman–Crippen MR) is 79.4 cm³/mol. The average Bonchev–Trinajstić information content (AvgIpc) is 2.87. The first-order valence-electron chi connectivity index (χ1n) is 6.56. The van der Waals surface area contributed by atoms with Crippen LogP contribution in [0.2, 0.25) is 0 Å². The lowest BCUT2D eigenvalue weighted by atomic mass is 10.1. The normalized spacial score (nSPS) is 10.5. The molecular weight excluding hydrogens is 274 g/mol. The van der Waals surface area contributed by atoms with Gasteiger partial charge in [-0.15, -0.1) is 11.3 Å². The van der Waals surface area contributed by atoms with Crippen molar-refractivity contribution in [1.82, 2.24) is 4.98 Å². The van der Waals surface area contributed by atoms with E-state index in [0.717, 1.165) is 29.0 Å². The van der Waals surface area contributed by atoms with Crippen LogP contribution in [0.1, 0.15) is 24.4 Å². The highest BCUT2D eigenvalue weighted by atomic mass is 32.1. The predicted octanol–water partition coefficient (Wildman–Crippen LogP) is 3.40. The highest BCUT2D eigenvalue weighted by Gasteiger charge is 2.10. The number of rotatable bonds is 6. The Morgan fingerprint density at radius 3 is 2.85 bits per heavy atom. The molecule has 5 heteroatoms. The number of carbonyl (C=O) groups is 1. The largest absolute Gasteiger partial charge is 0.494 e. The molecule has 106 valence electrons. The van der Waals surface area contributed by atoms with Crippen molar-refractivity contribution in [3.05, 3.63) is 34.2 Å². The molecule has 0 radical (unpaired) electrons. The van der Waals surface area contributed by atoms with Gasteiger partial charge in [0.1, 0.15) is 10.8 Å². The highest BCUT2D eigenvalue weighted by molar-refractivity contribution is 7.10. The van der Waals surface area contributed by atoms with Gasteiger partial charge >= 0.3 is 5.97 Å². The Morgan fingerprint density at radius 2 is 2.20 bits per heavy atom. The van der Waals surface area contributed by atoms with Crippen LogP contribution in [0.3, 0.4) is 0 Å². The first kappa shape index (κ1) is 14.5. The van der Waals surface area contributed by atoms with E-state index in [4.69, 9.17) is 9.84 Å². The zero-order valence-corrected chi connectivity index (χ0v) is 12.4. The van der Waals surface area contributed by atoms with Crippen LogP contribution in [0.25, 0.3) is 11.3 Å². The molecule has 1 aromatic heterocycles. The number of thiazole rings is 1. The number of aliphatic carboxylic acids is 1. The molecule has 0 atom stereocenters. The summed E-state index contributed by atoms with van der Waals surface area (Å²) in [5.41, 5.74) is 2.96. The monoisotopic (exact) mass is 291 g/mol. The SMILES string of the molecule is CCOc1ccc(-c2csc(CC(=O)O)n2)cc1CC. The van der Waals surface area contributed by atoms with Crippen molar-refractivity contribution in [1.29, 1.82) is 0 Å². The van der Waals surface area contributed by atoms with Gasteiger partial charge in [0, 0.05) is 10.9 Å². The quantitative estimate of drug-likeness (QED) is 0.886. The van der Waals surface area contributed by atoms with Gasteiger partial charge in [-0.25, -0.2) is 4.98 Å². The van der Waals surface area contributed by atoms with Crippen LogP contribution in [0.5, 0.6) is 5.75 Å². The summed E-state index contributed by atoms with van der Waals surface area (Å²) in [7, 11) is 0. The summed E-state index contributed by atoms with van der Waals surface area (Å²) in [6, 6.07) is 5.97. The number of hydrogen-bond acceptors (Lipinski definition) is 4. The third kappa shape index (κ3) is 3.36. The third-order valence-corrected chi connectivity index (χ3v) is 3.74. The summed E-state index contributed by atoms with van der Waals surface area (Å²) >= 11 is 1.38. The minimum atomic E-state index is -0.855. The van der Waals surface area contributed by atoms with Crippen molar-refractivity contribution in [2.24, 2.45) is 0 Å². The van der Waals surface area contributed by atoms with Gasteiger partial charge in [0.15, 0.2) is 0 Å². The zero-order valence-electron chi connectivity index (χ0n) is 11.5. The van der Waals surface area contributed by atoms with E-state index in [1.807, 2.05) is 24.4 Å². The Kier molecular flexibility index (Phi) is 4.74. The van der Waals surface area contributed by atoms with Crippen LogP contribution < -0.4 is 4.74 Å². The minimum Gasteiger partial charge on any atom is -0.494 e. The molecule has 0 aliphatic heterocycles. The maximum Gasteiger partial charge on any atom is 0.310 e. The van der Waals surface area contributed by atoms with E-state index < -0.39 is 5.97 Å². The maximum absolute atomic E-state index is 10.7. The van der Waals surface area contributed by atoms with Gasteiger partial charge in [-0.1, -0.05) is 6.92 Å². The summed E-state index contributed by atoms with van der Waals surface area (Å²) in [6.07, 6.45) is 0.859. The highest BCUT2D eigenvalue weighted by Crippen LogP contribution is 2.28. The topological polar surface area (TPSA) is 59.4 Å². The molecule has 0 bridgehead atoms. The van der Waals surface area contributed by atoms with E-state index in [1.54, 1.807) is 0 Å². The van der Waals surface area contributed by atoms with E-state index in [0.29, 0.717) is 11.6 Å². The molecule has 0 aliphatic rings. The zero-order chi connectivity index (χ0) is 14.5. The molecule has 0 saturated carbocycles. The van der Waals surface area contributed by atoms with Crippen molar-refractivity contribution in [2.75, 3.05) is 6.61 Å². The van der Waals surface area contributed by atoms with Gasteiger partial charge in [0.05, 0.1) is 18.7 Å². The smallest absolute Gasteiger partial charge is 0.310 e. The number of benzene rings is 1. The summed E-state index contributed by atoms with van der Waals surface area (Å²) in [4.78, 5) is 15.1. The van der Waals surface area contributed by atoms with Gasteiger partial charge in [-0.05, 0) is 37.1 Å². The standard InChI is InChI=1S/C15H17NO3S/c1-3-10-7-11(5-6-13(10)19-4-2)12-9-20-14(16-12)8-15(17)18/h5-7,9H,3-4,8H2,1-2H3,(H,17,18). The van der Waals surface area contributed by atoms with Crippen molar-refractivity contribution in [2.45, 2.75) is 26.7 Å². The number of aryl methyl sites for hydroxylation is 1. The van der Waals surface area contributed by atoms with Gasteiger partial charge < -0.3 is 9.84 Å². The summed E-state index contributed by atoms with van der Waals surface area (Å²) in [5.74, 6) is 0.0478. The van der Waals surface area contributed by atoms with Crippen molar-refractivity contribution < 1.29 is 14.6 Å². The molecule has 2 aromatic rings. The molecule has 0 fully saturated rings. The Bertz CT molecular complexity index is 607. The average molecular weight is 291 g/mol. The Morgan fingerprint density at radius 1 is 1.40 bits per heavy atom.